The fourth-order valence-electron chi connectivity index (χ4n) is 1.28. The summed E-state index contributed by atoms with van der Waals surface area (Å²) in [6.45, 7) is 6.92. The smallest absolute Gasteiger partial charge is 0.813 e. The molecule has 0 unspecified atom stereocenters. The molecule has 0 aromatic heterocycles. The summed E-state index contributed by atoms with van der Waals surface area (Å²) < 4.78 is 8.52. The van der Waals surface area contributed by atoms with Crippen LogP contribution in [0.5, 0.6) is 0 Å². The first kappa shape index (κ1) is 26.4. The third-order valence-electron chi connectivity index (χ3n) is 1.62. The minimum atomic E-state index is -3.63. The van der Waals surface area contributed by atoms with Gasteiger partial charge in [0.2, 0.25) is 0 Å². The van der Waals surface area contributed by atoms with Gasteiger partial charge in [-0.15, -0.1) is 7.92 Å². The van der Waals surface area contributed by atoms with E-state index in [0.717, 1.165) is 0 Å². The van der Waals surface area contributed by atoms with Crippen molar-refractivity contribution in [3.63, 3.8) is 0 Å². The predicted molar refractivity (Wildman–Crippen MR) is 70.8 cm³/mol. The average molecular weight is 298 g/mol. The van der Waals surface area contributed by atoms with Crippen LogP contribution in [0.2, 0.25) is 0 Å². The normalized spacial score (nSPS) is 8.94. The monoisotopic (exact) mass is 298 g/mol. The Morgan fingerprint density at radius 2 is 1.12 bits per heavy atom. The molecule has 0 aliphatic heterocycles. The van der Waals surface area contributed by atoms with E-state index in [1.807, 2.05) is 0 Å². The van der Waals surface area contributed by atoms with Crippen LogP contribution in [-0.4, -0.2) is 61.7 Å². The van der Waals surface area contributed by atoms with Gasteiger partial charge >= 0.3 is 37.7 Å². The molecule has 0 radical (unpaired) electrons. The molecule has 0 aliphatic carbocycles. The summed E-state index contributed by atoms with van der Waals surface area (Å²) >= 11 is 0. The van der Waals surface area contributed by atoms with Crippen molar-refractivity contribution in [2.75, 3.05) is 18.5 Å². The standard InChI is InChI=1S/C9H21P.Ca.H3O3P.H2O/c1-4-7-10(8-5-2)9-6-3;;1-4(2)3;/h4-9H2,1-3H3;;4H,(H2,1,2,3);1H2/q;+2;;/p-2. The molecule has 0 fully saturated rings. The van der Waals surface area contributed by atoms with Crippen LogP contribution in [0.1, 0.15) is 40.0 Å². The summed E-state index contributed by atoms with van der Waals surface area (Å²) in [5, 5.41) is 0. The minimum Gasteiger partial charge on any atom is -0.813 e. The fraction of sp³-hybridized carbons (Fsp3) is 1.00. The van der Waals surface area contributed by atoms with Crippen molar-refractivity contribution >= 4 is 53.9 Å². The maximum atomic E-state index is 8.52. The van der Waals surface area contributed by atoms with Crippen molar-refractivity contribution in [3.8, 4) is 0 Å². The molecule has 0 aromatic carbocycles. The second kappa shape index (κ2) is 22.0. The van der Waals surface area contributed by atoms with E-state index in [1.54, 1.807) is 0 Å². The minimum absolute atomic E-state index is 0. The molecule has 0 saturated carbocycles. The van der Waals surface area contributed by atoms with Gasteiger partial charge in [0.25, 0.3) is 0 Å². The first-order valence-corrected chi connectivity index (χ1v) is 8.30. The predicted octanol–water partition coefficient (Wildman–Crippen LogP) is 0.589. The van der Waals surface area contributed by atoms with Gasteiger partial charge in [-0.3, -0.25) is 0 Å². The largest absolute Gasteiger partial charge is 2.00 e. The fourth-order valence-corrected chi connectivity index (χ4v) is 3.85. The molecule has 16 heavy (non-hydrogen) atoms. The van der Waals surface area contributed by atoms with E-state index in [-0.39, 0.29) is 43.2 Å². The second-order valence-electron chi connectivity index (χ2n) is 3.09. The molecule has 0 amide bonds. The Morgan fingerprint density at radius 3 is 1.25 bits per heavy atom. The van der Waals surface area contributed by atoms with Crippen LogP contribution in [0.3, 0.4) is 0 Å². The molecule has 96 valence electrons. The quantitative estimate of drug-likeness (QED) is 0.530. The van der Waals surface area contributed by atoms with Crippen LogP contribution in [0.25, 0.3) is 0 Å². The molecule has 0 spiro atoms. The van der Waals surface area contributed by atoms with Crippen molar-refractivity contribution < 1.29 is 19.8 Å². The van der Waals surface area contributed by atoms with Gasteiger partial charge in [0, 0.05) is 0 Å². The maximum absolute atomic E-state index is 8.52. The van der Waals surface area contributed by atoms with Gasteiger partial charge in [-0.1, -0.05) is 48.3 Å². The van der Waals surface area contributed by atoms with Crippen LogP contribution in [0.15, 0.2) is 0 Å². The number of hydrogen-bond donors (Lipinski definition) is 0. The van der Waals surface area contributed by atoms with Crippen molar-refractivity contribution in [2.24, 2.45) is 0 Å². The Bertz CT molecular complexity index is 120. The van der Waals surface area contributed by atoms with E-state index in [4.69, 9.17) is 14.4 Å². The molecule has 7 heteroatoms. The van der Waals surface area contributed by atoms with Crippen molar-refractivity contribution in [1.82, 2.24) is 0 Å². The molecule has 0 atom stereocenters. The third-order valence-corrected chi connectivity index (χ3v) is 4.86. The van der Waals surface area contributed by atoms with Crippen LogP contribution < -0.4 is 9.79 Å². The Kier molecular flexibility index (Phi) is 36.3. The molecule has 0 rings (SSSR count). The zero-order valence-corrected chi connectivity index (χ0v) is 14.7. The van der Waals surface area contributed by atoms with Crippen molar-refractivity contribution in [2.45, 2.75) is 40.0 Å². The van der Waals surface area contributed by atoms with Crippen LogP contribution >= 0.6 is 16.2 Å². The SMILES string of the molecule is CCCP(CCC)CCC.O.O=[PH]([O-])[O-].[Ca+2]. The Hall–Kier alpha value is 1.80. The van der Waals surface area contributed by atoms with Crippen molar-refractivity contribution in [3.05, 3.63) is 0 Å². The zero-order chi connectivity index (χ0) is 11.4. The Balaban J connectivity index is -0.000000105. The van der Waals surface area contributed by atoms with Crippen LogP contribution in [0, 0.1) is 0 Å². The Morgan fingerprint density at radius 1 is 0.938 bits per heavy atom. The van der Waals surface area contributed by atoms with E-state index in [9.17, 15) is 0 Å². The van der Waals surface area contributed by atoms with E-state index in [0.29, 0.717) is 7.92 Å². The van der Waals surface area contributed by atoms with Gasteiger partial charge in [0.05, 0.1) is 0 Å². The molecular weight excluding hydrogens is 274 g/mol. The van der Waals surface area contributed by atoms with Gasteiger partial charge < -0.3 is 19.8 Å². The summed E-state index contributed by atoms with van der Waals surface area (Å²) in [4.78, 5) is 17.0. The van der Waals surface area contributed by atoms with Crippen molar-refractivity contribution in [1.29, 1.82) is 0 Å². The topological polar surface area (TPSA) is 94.7 Å². The summed E-state index contributed by atoms with van der Waals surface area (Å²) in [6, 6.07) is 0. The van der Waals surface area contributed by atoms with E-state index in [2.05, 4.69) is 20.8 Å². The molecular formula is C9H24CaO4P2. The first-order chi connectivity index (χ1) is 6.58. The molecule has 0 bridgehead atoms. The van der Waals surface area contributed by atoms with Crippen LogP contribution in [-0.2, 0) is 4.57 Å². The number of rotatable bonds is 6. The van der Waals surface area contributed by atoms with Gasteiger partial charge in [-0.2, -0.15) is 0 Å². The van der Waals surface area contributed by atoms with Gasteiger partial charge in [-0.25, -0.2) is 0 Å². The van der Waals surface area contributed by atoms with Gasteiger partial charge in [-0.05, 0) is 18.5 Å². The maximum Gasteiger partial charge on any atom is 2.00 e. The molecule has 0 heterocycles. The summed E-state index contributed by atoms with van der Waals surface area (Å²) in [7, 11) is -3.19. The molecule has 0 aliphatic rings. The van der Waals surface area contributed by atoms with Crippen LogP contribution in [0.4, 0.5) is 0 Å². The van der Waals surface area contributed by atoms with E-state index < -0.39 is 8.25 Å². The van der Waals surface area contributed by atoms with Gasteiger partial charge in [0.1, 0.15) is 0 Å². The van der Waals surface area contributed by atoms with Gasteiger partial charge in [0.15, 0.2) is 0 Å². The Labute approximate surface area is 131 Å². The second-order valence-corrected chi connectivity index (χ2v) is 6.27. The zero-order valence-electron chi connectivity index (χ0n) is 10.6. The molecule has 0 saturated heterocycles. The third kappa shape index (κ3) is 29.7. The summed E-state index contributed by atoms with van der Waals surface area (Å²) in [6.07, 6.45) is 8.72. The first-order valence-electron chi connectivity index (χ1n) is 5.18. The summed E-state index contributed by atoms with van der Waals surface area (Å²) in [5.41, 5.74) is 0. The average Bonchev–Trinajstić information content (AvgIpc) is 2.04. The molecule has 0 aromatic rings. The van der Waals surface area contributed by atoms with E-state index in [1.165, 1.54) is 37.7 Å². The number of hydrogen-bond acceptors (Lipinski definition) is 3. The molecule has 2 N–H and O–H groups in total. The summed E-state index contributed by atoms with van der Waals surface area (Å²) in [5.74, 6) is 0. The molecule has 4 nitrogen and oxygen atoms in total. The van der Waals surface area contributed by atoms with E-state index >= 15 is 0 Å².